The van der Waals surface area contributed by atoms with Crippen LogP contribution in [0.2, 0.25) is 0 Å². The Morgan fingerprint density at radius 1 is 1.56 bits per heavy atom. The van der Waals surface area contributed by atoms with Crippen LogP contribution in [0.4, 0.5) is 11.5 Å². The van der Waals surface area contributed by atoms with Gasteiger partial charge < -0.3 is 11.1 Å². The molecule has 88 valence electrons. The predicted molar refractivity (Wildman–Crippen MR) is 64.7 cm³/mol. The minimum absolute atomic E-state index is 0.167. The van der Waals surface area contributed by atoms with Crippen molar-refractivity contribution in [1.29, 1.82) is 0 Å². The number of aromatic amines is 1. The molecule has 0 amide bonds. The van der Waals surface area contributed by atoms with Gasteiger partial charge in [0.25, 0.3) is 5.56 Å². The number of rotatable bonds is 5. The molecule has 4 N–H and O–H groups in total. The molecule has 1 aromatic heterocycles. The van der Waals surface area contributed by atoms with Gasteiger partial charge in [-0.2, -0.15) is 0 Å². The first-order valence-electron chi connectivity index (χ1n) is 5.09. The average Bonchev–Trinajstić information content (AvgIpc) is 2.23. The van der Waals surface area contributed by atoms with Crippen molar-refractivity contribution in [2.24, 2.45) is 0 Å². The first-order chi connectivity index (χ1) is 7.61. The number of H-pyrrole nitrogens is 1. The summed E-state index contributed by atoms with van der Waals surface area (Å²) in [5.41, 5.74) is 5.00. The quantitative estimate of drug-likeness (QED) is 0.489. The van der Waals surface area contributed by atoms with Gasteiger partial charge in [-0.25, -0.2) is 4.79 Å². The Morgan fingerprint density at radius 3 is 2.81 bits per heavy atom. The van der Waals surface area contributed by atoms with Gasteiger partial charge in [-0.05, 0) is 13.3 Å². The van der Waals surface area contributed by atoms with Gasteiger partial charge in [0.15, 0.2) is 0 Å². The van der Waals surface area contributed by atoms with Gasteiger partial charge in [0.1, 0.15) is 11.5 Å². The molecule has 0 bridgehead atoms. The Kier molecular flexibility index (Phi) is 3.93. The first kappa shape index (κ1) is 12.1. The van der Waals surface area contributed by atoms with Crippen molar-refractivity contribution in [1.82, 2.24) is 9.55 Å². The first-order valence-corrected chi connectivity index (χ1v) is 5.09. The molecule has 0 fully saturated rings. The summed E-state index contributed by atoms with van der Waals surface area (Å²) in [4.78, 5) is 25.1. The molecule has 1 rings (SSSR count). The maximum Gasteiger partial charge on any atom is 0.330 e. The molecule has 0 unspecified atom stereocenters. The summed E-state index contributed by atoms with van der Waals surface area (Å²) in [5.74, 6) is 0.167. The van der Waals surface area contributed by atoms with Crippen LogP contribution >= 0.6 is 0 Å². The minimum atomic E-state index is -0.490. The fourth-order valence-corrected chi connectivity index (χ4v) is 1.37. The number of aromatic nitrogens is 2. The summed E-state index contributed by atoms with van der Waals surface area (Å²) in [6.45, 7) is 6.32. The standard InChI is InChI=1S/C10H16N4O2/c1-3-5-6-12-7-8(11)14(4-2)10(16)13-9(7)15/h3,12H,1,4-6,11H2,2H3,(H,13,15,16). The minimum Gasteiger partial charge on any atom is -0.383 e. The van der Waals surface area contributed by atoms with Gasteiger partial charge in [-0.1, -0.05) is 6.08 Å². The molecule has 6 heteroatoms. The third kappa shape index (κ3) is 2.33. The van der Waals surface area contributed by atoms with Crippen molar-refractivity contribution < 1.29 is 0 Å². The zero-order chi connectivity index (χ0) is 12.1. The van der Waals surface area contributed by atoms with Crippen LogP contribution < -0.4 is 22.3 Å². The molecule has 16 heavy (non-hydrogen) atoms. The summed E-state index contributed by atoms with van der Waals surface area (Å²) in [7, 11) is 0. The lowest BCUT2D eigenvalue weighted by atomic mass is 10.4. The fraction of sp³-hybridized carbons (Fsp3) is 0.400. The van der Waals surface area contributed by atoms with E-state index in [0.29, 0.717) is 19.5 Å². The maximum atomic E-state index is 11.5. The molecule has 0 radical (unpaired) electrons. The predicted octanol–water partition coefficient (Wildman–Crippen LogP) is 0.127. The van der Waals surface area contributed by atoms with Crippen LogP contribution in [0.3, 0.4) is 0 Å². The molecular weight excluding hydrogens is 208 g/mol. The van der Waals surface area contributed by atoms with E-state index in [9.17, 15) is 9.59 Å². The second-order valence-corrected chi connectivity index (χ2v) is 3.27. The number of nitrogens with zero attached hydrogens (tertiary/aromatic N) is 1. The van der Waals surface area contributed by atoms with E-state index >= 15 is 0 Å². The maximum absolute atomic E-state index is 11.5. The molecule has 6 nitrogen and oxygen atoms in total. The van der Waals surface area contributed by atoms with Crippen LogP contribution in [-0.2, 0) is 6.54 Å². The Morgan fingerprint density at radius 2 is 2.25 bits per heavy atom. The second kappa shape index (κ2) is 5.20. The number of hydrogen-bond acceptors (Lipinski definition) is 4. The van der Waals surface area contributed by atoms with Crippen LogP contribution in [0.25, 0.3) is 0 Å². The highest BCUT2D eigenvalue weighted by Crippen LogP contribution is 2.09. The monoisotopic (exact) mass is 224 g/mol. The van der Waals surface area contributed by atoms with Crippen LogP contribution in [0, 0.1) is 0 Å². The summed E-state index contributed by atoms with van der Waals surface area (Å²) in [6.07, 6.45) is 2.44. The Balaban J connectivity index is 3.13. The number of nitrogens with one attached hydrogen (secondary N) is 2. The average molecular weight is 224 g/mol. The molecule has 1 aromatic rings. The molecule has 0 saturated carbocycles. The van der Waals surface area contributed by atoms with E-state index in [2.05, 4.69) is 16.9 Å². The fourth-order valence-electron chi connectivity index (χ4n) is 1.37. The normalized spacial score (nSPS) is 10.1. The Bertz CT molecular complexity index is 487. The smallest absolute Gasteiger partial charge is 0.330 e. The van der Waals surface area contributed by atoms with Crippen molar-refractivity contribution in [3.63, 3.8) is 0 Å². The van der Waals surface area contributed by atoms with Gasteiger partial charge in [-0.15, -0.1) is 6.58 Å². The Hall–Kier alpha value is -1.98. The van der Waals surface area contributed by atoms with Gasteiger partial charge >= 0.3 is 5.69 Å². The number of nitrogens with two attached hydrogens (primary N) is 1. The molecule has 0 spiro atoms. The van der Waals surface area contributed by atoms with Crippen LogP contribution in [0.15, 0.2) is 22.2 Å². The number of nitrogen functional groups attached to an aromatic ring is 1. The zero-order valence-corrected chi connectivity index (χ0v) is 9.25. The van der Waals surface area contributed by atoms with Crippen molar-refractivity contribution in [3.8, 4) is 0 Å². The van der Waals surface area contributed by atoms with Crippen molar-refractivity contribution in [2.75, 3.05) is 17.6 Å². The van der Waals surface area contributed by atoms with Crippen LogP contribution in [0.1, 0.15) is 13.3 Å². The molecule has 0 aliphatic rings. The van der Waals surface area contributed by atoms with E-state index < -0.39 is 11.2 Å². The molecule has 0 aliphatic carbocycles. The zero-order valence-electron chi connectivity index (χ0n) is 9.25. The van der Waals surface area contributed by atoms with Crippen molar-refractivity contribution >= 4 is 11.5 Å². The highest BCUT2D eigenvalue weighted by atomic mass is 16.2. The topological polar surface area (TPSA) is 92.9 Å². The number of hydrogen-bond donors (Lipinski definition) is 3. The van der Waals surface area contributed by atoms with Crippen LogP contribution in [-0.4, -0.2) is 16.1 Å². The summed E-state index contributed by atoms with van der Waals surface area (Å²) in [6, 6.07) is 0. The Labute approximate surface area is 92.8 Å². The SMILES string of the molecule is C=CCCNc1c(N)n(CC)c(=O)[nH]c1=O. The van der Waals surface area contributed by atoms with Crippen LogP contribution in [0.5, 0.6) is 0 Å². The molecule has 0 atom stereocenters. The van der Waals surface area contributed by atoms with Crippen molar-refractivity contribution in [2.45, 2.75) is 19.9 Å². The van der Waals surface area contributed by atoms with Gasteiger partial charge in [0.2, 0.25) is 0 Å². The lowest BCUT2D eigenvalue weighted by Gasteiger charge is -2.11. The third-order valence-corrected chi connectivity index (χ3v) is 2.21. The van der Waals surface area contributed by atoms with E-state index in [0.717, 1.165) is 0 Å². The van der Waals surface area contributed by atoms with E-state index in [1.54, 1.807) is 13.0 Å². The molecule has 0 saturated heterocycles. The van der Waals surface area contributed by atoms with Gasteiger partial charge in [0.05, 0.1) is 0 Å². The van der Waals surface area contributed by atoms with E-state index in [-0.39, 0.29) is 11.5 Å². The molecule has 0 aromatic carbocycles. The van der Waals surface area contributed by atoms with Crippen molar-refractivity contribution in [3.05, 3.63) is 33.5 Å². The molecule has 0 aliphatic heterocycles. The van der Waals surface area contributed by atoms with E-state index in [4.69, 9.17) is 5.73 Å². The second-order valence-electron chi connectivity index (χ2n) is 3.27. The summed E-state index contributed by atoms with van der Waals surface area (Å²) < 4.78 is 1.30. The van der Waals surface area contributed by atoms with Gasteiger partial charge in [-0.3, -0.25) is 14.3 Å². The largest absolute Gasteiger partial charge is 0.383 e. The van der Waals surface area contributed by atoms with E-state index in [1.807, 2.05) is 0 Å². The lowest BCUT2D eigenvalue weighted by molar-refractivity contribution is 0.706. The summed E-state index contributed by atoms with van der Waals surface area (Å²) >= 11 is 0. The third-order valence-electron chi connectivity index (χ3n) is 2.21. The van der Waals surface area contributed by atoms with Gasteiger partial charge in [0, 0.05) is 13.1 Å². The molecular formula is C10H16N4O2. The molecule has 1 heterocycles. The highest BCUT2D eigenvalue weighted by molar-refractivity contribution is 5.60. The summed E-state index contributed by atoms with van der Waals surface area (Å²) in [5, 5.41) is 2.88. The number of anilines is 2. The van der Waals surface area contributed by atoms with E-state index in [1.165, 1.54) is 4.57 Å². The lowest BCUT2D eigenvalue weighted by Crippen LogP contribution is -2.33. The highest BCUT2D eigenvalue weighted by Gasteiger charge is 2.09.